The van der Waals surface area contributed by atoms with E-state index < -0.39 is 0 Å². The molecule has 100 valence electrons. The van der Waals surface area contributed by atoms with Gasteiger partial charge in [0.1, 0.15) is 5.75 Å². The summed E-state index contributed by atoms with van der Waals surface area (Å²) in [5.74, 6) is 0.249. The number of ether oxygens (including phenoxy) is 1. The Hall–Kier alpha value is -2.30. The molecule has 0 bridgehead atoms. The first-order valence-electron chi connectivity index (χ1n) is 5.91. The summed E-state index contributed by atoms with van der Waals surface area (Å²) in [4.78, 5) is 26.0. The van der Waals surface area contributed by atoms with Crippen LogP contribution in [0.1, 0.15) is 16.8 Å². The van der Waals surface area contributed by atoms with E-state index in [1.54, 1.807) is 29.3 Å². The summed E-state index contributed by atoms with van der Waals surface area (Å²) in [6.45, 7) is 0. The SMILES string of the molecule is COc1ccc2c(c1)C(=O)C(=CN(C)C)CC(=O)N2. The minimum Gasteiger partial charge on any atom is -0.497 e. The molecule has 0 spiro atoms. The second-order valence-electron chi connectivity index (χ2n) is 4.58. The maximum Gasteiger partial charge on any atom is 0.229 e. The summed E-state index contributed by atoms with van der Waals surface area (Å²) in [6.07, 6.45) is 1.75. The molecule has 5 heteroatoms. The van der Waals surface area contributed by atoms with Crippen LogP contribution in [0.5, 0.6) is 5.75 Å². The van der Waals surface area contributed by atoms with Crippen molar-refractivity contribution in [2.24, 2.45) is 0 Å². The Morgan fingerprint density at radius 1 is 1.32 bits per heavy atom. The number of hydrogen-bond donors (Lipinski definition) is 1. The molecule has 1 aromatic carbocycles. The summed E-state index contributed by atoms with van der Waals surface area (Å²) in [5, 5.41) is 2.73. The van der Waals surface area contributed by atoms with Crippen molar-refractivity contribution in [1.29, 1.82) is 0 Å². The number of methoxy groups -OCH3 is 1. The van der Waals surface area contributed by atoms with Crippen molar-refractivity contribution < 1.29 is 14.3 Å². The molecule has 0 radical (unpaired) electrons. The van der Waals surface area contributed by atoms with Gasteiger partial charge in [-0.25, -0.2) is 0 Å². The first-order chi connectivity index (χ1) is 9.01. The zero-order valence-corrected chi connectivity index (χ0v) is 11.2. The quantitative estimate of drug-likeness (QED) is 0.822. The second-order valence-corrected chi connectivity index (χ2v) is 4.58. The monoisotopic (exact) mass is 260 g/mol. The van der Waals surface area contributed by atoms with Gasteiger partial charge in [0.15, 0.2) is 5.78 Å². The van der Waals surface area contributed by atoms with E-state index in [1.807, 2.05) is 14.1 Å². The Balaban J connectivity index is 2.52. The van der Waals surface area contributed by atoms with Gasteiger partial charge in [-0.3, -0.25) is 9.59 Å². The predicted molar refractivity (Wildman–Crippen MR) is 72.3 cm³/mol. The molecule has 0 saturated carbocycles. The van der Waals surface area contributed by atoms with Crippen molar-refractivity contribution in [3.8, 4) is 5.75 Å². The van der Waals surface area contributed by atoms with Crippen LogP contribution in [-0.4, -0.2) is 37.8 Å². The van der Waals surface area contributed by atoms with E-state index in [0.717, 1.165) is 0 Å². The van der Waals surface area contributed by atoms with Crippen LogP contribution < -0.4 is 10.1 Å². The second kappa shape index (κ2) is 5.14. The number of nitrogens with zero attached hydrogens (tertiary/aromatic N) is 1. The molecule has 1 aliphatic rings. The van der Waals surface area contributed by atoms with E-state index in [2.05, 4.69) is 5.32 Å². The smallest absolute Gasteiger partial charge is 0.229 e. The number of nitrogens with one attached hydrogen (secondary N) is 1. The lowest BCUT2D eigenvalue weighted by Crippen LogP contribution is -2.12. The van der Waals surface area contributed by atoms with E-state index >= 15 is 0 Å². The van der Waals surface area contributed by atoms with Crippen molar-refractivity contribution in [2.45, 2.75) is 6.42 Å². The molecule has 5 nitrogen and oxygen atoms in total. The molecule has 2 rings (SSSR count). The lowest BCUT2D eigenvalue weighted by Gasteiger charge is -2.09. The number of fused-ring (bicyclic) bond motifs is 1. The van der Waals surface area contributed by atoms with E-state index in [0.29, 0.717) is 22.6 Å². The highest BCUT2D eigenvalue weighted by molar-refractivity contribution is 6.18. The number of benzene rings is 1. The summed E-state index contributed by atoms with van der Waals surface area (Å²) in [7, 11) is 5.17. The molecule has 0 aromatic heterocycles. The molecule has 1 N–H and O–H groups in total. The van der Waals surface area contributed by atoms with Crippen molar-refractivity contribution in [3.05, 3.63) is 35.5 Å². The fraction of sp³-hybridized carbons (Fsp3) is 0.286. The highest BCUT2D eigenvalue weighted by atomic mass is 16.5. The topological polar surface area (TPSA) is 58.6 Å². The maximum atomic E-state index is 12.4. The number of amides is 1. The van der Waals surface area contributed by atoms with Crippen molar-refractivity contribution >= 4 is 17.4 Å². The van der Waals surface area contributed by atoms with Gasteiger partial charge >= 0.3 is 0 Å². The third kappa shape index (κ3) is 2.76. The number of rotatable bonds is 2. The van der Waals surface area contributed by atoms with Gasteiger partial charge in [0.2, 0.25) is 5.91 Å². The minimum absolute atomic E-state index is 0.0774. The predicted octanol–water partition coefficient (Wildman–Crippen LogP) is 1.67. The molecule has 0 fully saturated rings. The number of hydrogen-bond acceptors (Lipinski definition) is 4. The lowest BCUT2D eigenvalue weighted by atomic mass is 10.0. The first kappa shape index (κ1) is 13.1. The zero-order chi connectivity index (χ0) is 14.0. The number of Topliss-reactive ketones (excluding diaryl/α,β-unsaturated/α-hetero) is 1. The molecule has 0 saturated heterocycles. The van der Waals surface area contributed by atoms with Gasteiger partial charge in [-0.15, -0.1) is 0 Å². The fourth-order valence-electron chi connectivity index (χ4n) is 1.98. The first-order valence-corrected chi connectivity index (χ1v) is 5.91. The summed E-state index contributed by atoms with van der Waals surface area (Å²) < 4.78 is 5.12. The van der Waals surface area contributed by atoms with Gasteiger partial charge in [-0.05, 0) is 18.2 Å². The molecule has 1 aromatic rings. The summed E-state index contributed by atoms with van der Waals surface area (Å²) in [5.41, 5.74) is 1.45. The Morgan fingerprint density at radius 3 is 2.68 bits per heavy atom. The lowest BCUT2D eigenvalue weighted by molar-refractivity contribution is -0.115. The molecular formula is C14H16N2O3. The highest BCUT2D eigenvalue weighted by Gasteiger charge is 2.24. The Labute approximate surface area is 111 Å². The van der Waals surface area contributed by atoms with E-state index in [9.17, 15) is 9.59 Å². The number of ketones is 1. The molecule has 0 aliphatic carbocycles. The van der Waals surface area contributed by atoms with Gasteiger partial charge in [0.25, 0.3) is 0 Å². The molecular weight excluding hydrogens is 244 g/mol. The maximum absolute atomic E-state index is 12.4. The van der Waals surface area contributed by atoms with E-state index in [1.165, 1.54) is 7.11 Å². The van der Waals surface area contributed by atoms with Crippen LogP contribution in [0.15, 0.2) is 30.0 Å². The van der Waals surface area contributed by atoms with Crippen molar-refractivity contribution in [1.82, 2.24) is 4.90 Å². The summed E-state index contributed by atoms with van der Waals surface area (Å²) >= 11 is 0. The van der Waals surface area contributed by atoms with Crippen LogP contribution in [0.4, 0.5) is 5.69 Å². The van der Waals surface area contributed by atoms with Crippen LogP contribution in [0.2, 0.25) is 0 Å². The van der Waals surface area contributed by atoms with E-state index in [4.69, 9.17) is 4.74 Å². The zero-order valence-electron chi connectivity index (χ0n) is 11.2. The normalized spacial score (nSPS) is 16.7. The van der Waals surface area contributed by atoms with Crippen LogP contribution in [0.25, 0.3) is 0 Å². The minimum atomic E-state index is -0.189. The van der Waals surface area contributed by atoms with Gasteiger partial charge in [0, 0.05) is 31.4 Å². The molecule has 1 aliphatic heterocycles. The van der Waals surface area contributed by atoms with Gasteiger partial charge in [0.05, 0.1) is 19.2 Å². The fourth-order valence-corrected chi connectivity index (χ4v) is 1.98. The highest BCUT2D eigenvalue weighted by Crippen LogP contribution is 2.28. The Kier molecular flexibility index (Phi) is 3.55. The Morgan fingerprint density at radius 2 is 2.05 bits per heavy atom. The van der Waals surface area contributed by atoms with Crippen molar-refractivity contribution in [2.75, 3.05) is 26.5 Å². The van der Waals surface area contributed by atoms with E-state index in [-0.39, 0.29) is 18.1 Å². The van der Waals surface area contributed by atoms with Gasteiger partial charge < -0.3 is 15.0 Å². The molecule has 1 amide bonds. The van der Waals surface area contributed by atoms with Gasteiger partial charge in [-0.2, -0.15) is 0 Å². The number of carbonyl (C=O) groups is 2. The Bertz CT molecular complexity index is 562. The van der Waals surface area contributed by atoms with Crippen LogP contribution in [-0.2, 0) is 4.79 Å². The third-order valence-corrected chi connectivity index (χ3v) is 2.80. The molecule has 0 unspecified atom stereocenters. The summed E-state index contributed by atoms with van der Waals surface area (Å²) in [6, 6.07) is 5.04. The largest absolute Gasteiger partial charge is 0.497 e. The number of anilines is 1. The average molecular weight is 260 g/mol. The van der Waals surface area contributed by atoms with Crippen LogP contribution in [0, 0.1) is 0 Å². The molecule has 0 atom stereocenters. The third-order valence-electron chi connectivity index (χ3n) is 2.80. The number of carbonyl (C=O) groups excluding carboxylic acids is 2. The molecule has 1 heterocycles. The average Bonchev–Trinajstić information content (AvgIpc) is 2.47. The van der Waals surface area contributed by atoms with Crippen molar-refractivity contribution in [3.63, 3.8) is 0 Å². The van der Waals surface area contributed by atoms with Crippen LogP contribution in [0.3, 0.4) is 0 Å². The van der Waals surface area contributed by atoms with Gasteiger partial charge in [-0.1, -0.05) is 0 Å². The molecule has 19 heavy (non-hydrogen) atoms. The van der Waals surface area contributed by atoms with Crippen LogP contribution >= 0.6 is 0 Å². The standard InChI is InChI=1S/C14H16N2O3/c1-16(2)8-9-6-13(17)15-12-5-4-10(19-3)7-11(12)14(9)18/h4-5,7-8H,6H2,1-3H3,(H,15,17).